The number of hydrogen-bond acceptors (Lipinski definition) is 0. The van der Waals surface area contributed by atoms with Gasteiger partial charge in [-0.25, -0.2) is 0 Å². The van der Waals surface area contributed by atoms with Crippen molar-refractivity contribution in [2.45, 2.75) is 53.4 Å². The van der Waals surface area contributed by atoms with E-state index in [2.05, 4.69) is 33.8 Å². The average Bonchev–Trinajstić information content (AvgIpc) is 2.17. The van der Waals surface area contributed by atoms with Gasteiger partial charge in [0.2, 0.25) is 0 Å². The maximum absolute atomic E-state index is 2.47. The van der Waals surface area contributed by atoms with Crippen molar-refractivity contribution in [2.24, 2.45) is 17.8 Å². The summed E-state index contributed by atoms with van der Waals surface area (Å²) in [7, 11) is 0. The second kappa shape index (κ2) is 4.15. The van der Waals surface area contributed by atoms with Crippen molar-refractivity contribution in [3.8, 4) is 0 Å². The first-order valence-electron chi connectivity index (χ1n) is 6.42. The molecule has 1 saturated carbocycles. The molecule has 0 aromatic carbocycles. The Morgan fingerprint density at radius 2 is 1.93 bits per heavy atom. The molecule has 0 N–H and O–H groups in total. The SMILES string of the molecule is CC1=CCC(=C(C)C)C2CC(C)CCC12. The van der Waals surface area contributed by atoms with Crippen LogP contribution >= 0.6 is 0 Å². The Kier molecular flexibility index (Phi) is 3.04. The van der Waals surface area contributed by atoms with Crippen LogP contribution in [0.5, 0.6) is 0 Å². The van der Waals surface area contributed by atoms with Crippen molar-refractivity contribution in [2.75, 3.05) is 0 Å². The largest absolute Gasteiger partial charge is 0.0812 e. The van der Waals surface area contributed by atoms with E-state index < -0.39 is 0 Å². The Morgan fingerprint density at radius 1 is 1.20 bits per heavy atom. The molecule has 3 unspecified atom stereocenters. The molecule has 0 amide bonds. The quantitative estimate of drug-likeness (QED) is 0.501. The molecule has 0 bridgehead atoms. The van der Waals surface area contributed by atoms with Crippen molar-refractivity contribution in [1.29, 1.82) is 0 Å². The van der Waals surface area contributed by atoms with Crippen LogP contribution in [0, 0.1) is 17.8 Å². The molecule has 3 atom stereocenters. The zero-order valence-electron chi connectivity index (χ0n) is 10.6. The Morgan fingerprint density at radius 3 is 2.60 bits per heavy atom. The fourth-order valence-electron chi connectivity index (χ4n) is 3.46. The number of hydrogen-bond donors (Lipinski definition) is 0. The zero-order valence-corrected chi connectivity index (χ0v) is 10.6. The van der Waals surface area contributed by atoms with E-state index in [0.717, 1.165) is 17.8 Å². The summed E-state index contributed by atoms with van der Waals surface area (Å²) in [5.74, 6) is 2.69. The van der Waals surface area contributed by atoms with E-state index in [9.17, 15) is 0 Å². The van der Waals surface area contributed by atoms with Gasteiger partial charge >= 0.3 is 0 Å². The Labute approximate surface area is 94.5 Å². The van der Waals surface area contributed by atoms with Crippen LogP contribution in [0.2, 0.25) is 0 Å². The normalized spacial score (nSPS) is 35.9. The number of allylic oxidation sites excluding steroid dienone is 4. The van der Waals surface area contributed by atoms with Gasteiger partial charge in [0, 0.05) is 0 Å². The van der Waals surface area contributed by atoms with Gasteiger partial charge in [0.1, 0.15) is 0 Å². The summed E-state index contributed by atoms with van der Waals surface area (Å²) in [6, 6.07) is 0. The first-order chi connectivity index (χ1) is 7.09. The second-order valence-corrected chi connectivity index (χ2v) is 5.81. The standard InChI is InChI=1S/C15H24/c1-10(2)13-8-6-12(4)14-7-5-11(3)9-15(13)14/h6,11,14-15H,5,7-9H2,1-4H3. The van der Waals surface area contributed by atoms with Crippen molar-refractivity contribution >= 4 is 0 Å². The van der Waals surface area contributed by atoms with Gasteiger partial charge in [-0.1, -0.05) is 36.1 Å². The molecular formula is C15H24. The molecule has 1 fully saturated rings. The van der Waals surface area contributed by atoms with Gasteiger partial charge in [-0.2, -0.15) is 0 Å². The summed E-state index contributed by atoms with van der Waals surface area (Å²) >= 11 is 0. The lowest BCUT2D eigenvalue weighted by atomic mass is 9.65. The average molecular weight is 204 g/mol. The van der Waals surface area contributed by atoms with Crippen LogP contribution in [0.25, 0.3) is 0 Å². The Balaban J connectivity index is 2.30. The van der Waals surface area contributed by atoms with Crippen molar-refractivity contribution < 1.29 is 0 Å². The van der Waals surface area contributed by atoms with Gasteiger partial charge < -0.3 is 0 Å². The topological polar surface area (TPSA) is 0 Å². The van der Waals surface area contributed by atoms with Gasteiger partial charge in [0.05, 0.1) is 0 Å². The second-order valence-electron chi connectivity index (χ2n) is 5.81. The molecule has 0 spiro atoms. The molecule has 2 aliphatic carbocycles. The first-order valence-corrected chi connectivity index (χ1v) is 6.42. The van der Waals surface area contributed by atoms with Crippen LogP contribution in [-0.4, -0.2) is 0 Å². The third kappa shape index (κ3) is 2.04. The van der Waals surface area contributed by atoms with Gasteiger partial charge in [0.15, 0.2) is 0 Å². The molecule has 0 heteroatoms. The third-order valence-electron chi connectivity index (χ3n) is 4.43. The molecule has 2 rings (SSSR count). The summed E-state index contributed by atoms with van der Waals surface area (Å²) in [4.78, 5) is 0. The predicted molar refractivity (Wildman–Crippen MR) is 66.7 cm³/mol. The van der Waals surface area contributed by atoms with Crippen molar-refractivity contribution in [1.82, 2.24) is 0 Å². The van der Waals surface area contributed by atoms with Crippen molar-refractivity contribution in [3.05, 3.63) is 22.8 Å². The highest BCUT2D eigenvalue weighted by Gasteiger charge is 2.34. The van der Waals surface area contributed by atoms with Gasteiger partial charge in [-0.05, 0) is 57.8 Å². The lowest BCUT2D eigenvalue weighted by molar-refractivity contribution is 0.236. The minimum Gasteiger partial charge on any atom is -0.0812 e. The fourth-order valence-corrected chi connectivity index (χ4v) is 3.46. The summed E-state index contributed by atoms with van der Waals surface area (Å²) in [6.07, 6.45) is 7.98. The minimum atomic E-state index is 0.875. The molecule has 0 aromatic rings. The van der Waals surface area contributed by atoms with E-state index >= 15 is 0 Å². The van der Waals surface area contributed by atoms with Crippen molar-refractivity contribution in [3.63, 3.8) is 0 Å². The highest BCUT2D eigenvalue weighted by atomic mass is 14.4. The van der Waals surface area contributed by atoms with Gasteiger partial charge in [-0.3, -0.25) is 0 Å². The van der Waals surface area contributed by atoms with Crippen LogP contribution in [0.4, 0.5) is 0 Å². The summed E-state index contributed by atoms with van der Waals surface area (Å²) < 4.78 is 0. The lowest BCUT2D eigenvalue weighted by Crippen LogP contribution is -2.29. The predicted octanol–water partition coefficient (Wildman–Crippen LogP) is 4.73. The van der Waals surface area contributed by atoms with E-state index in [1.54, 1.807) is 16.7 Å². The molecule has 0 heterocycles. The van der Waals surface area contributed by atoms with E-state index in [1.165, 1.54) is 25.7 Å². The van der Waals surface area contributed by atoms with Crippen LogP contribution in [0.1, 0.15) is 53.4 Å². The highest BCUT2D eigenvalue weighted by molar-refractivity contribution is 5.28. The Hall–Kier alpha value is -0.520. The molecule has 0 radical (unpaired) electrons. The van der Waals surface area contributed by atoms with Crippen LogP contribution in [-0.2, 0) is 0 Å². The fraction of sp³-hybridized carbons (Fsp3) is 0.733. The summed E-state index contributed by atoms with van der Waals surface area (Å²) in [5, 5.41) is 0. The van der Waals surface area contributed by atoms with E-state index in [4.69, 9.17) is 0 Å². The molecule has 0 aromatic heterocycles. The highest BCUT2D eigenvalue weighted by Crippen LogP contribution is 2.46. The molecule has 0 aliphatic heterocycles. The van der Waals surface area contributed by atoms with Crippen LogP contribution in [0.15, 0.2) is 22.8 Å². The van der Waals surface area contributed by atoms with Gasteiger partial charge in [0.25, 0.3) is 0 Å². The van der Waals surface area contributed by atoms with E-state index in [1.807, 2.05) is 0 Å². The first kappa shape index (κ1) is 11.0. The molecular weight excluding hydrogens is 180 g/mol. The van der Waals surface area contributed by atoms with Crippen LogP contribution in [0.3, 0.4) is 0 Å². The molecule has 0 saturated heterocycles. The zero-order chi connectivity index (χ0) is 11.0. The number of fused-ring (bicyclic) bond motifs is 1. The smallest absolute Gasteiger partial charge is 0.0130 e. The monoisotopic (exact) mass is 204 g/mol. The Bertz CT molecular complexity index is 302. The molecule has 84 valence electrons. The maximum Gasteiger partial charge on any atom is -0.0130 e. The van der Waals surface area contributed by atoms with Crippen LogP contribution < -0.4 is 0 Å². The minimum absolute atomic E-state index is 0.875. The molecule has 0 nitrogen and oxygen atoms in total. The molecule has 2 aliphatic rings. The summed E-state index contributed by atoms with van der Waals surface area (Å²) in [5.41, 5.74) is 4.98. The maximum atomic E-state index is 2.47. The summed E-state index contributed by atoms with van der Waals surface area (Å²) in [6.45, 7) is 9.35. The number of rotatable bonds is 0. The molecule has 15 heavy (non-hydrogen) atoms. The third-order valence-corrected chi connectivity index (χ3v) is 4.43. The van der Waals surface area contributed by atoms with E-state index in [-0.39, 0.29) is 0 Å². The lowest BCUT2D eigenvalue weighted by Gasteiger charge is -2.40. The van der Waals surface area contributed by atoms with E-state index in [0.29, 0.717) is 0 Å². The van der Waals surface area contributed by atoms with Gasteiger partial charge in [-0.15, -0.1) is 0 Å².